The number of carboxylic acid groups (broad SMARTS) is 2. The van der Waals surface area contributed by atoms with Gasteiger partial charge in [0.25, 0.3) is 5.69 Å². The Balaban J connectivity index is 0.000000219. The molecule has 0 amide bonds. The fraction of sp³-hybridized carbons (Fsp3) is 0.333. The first-order valence-corrected chi connectivity index (χ1v) is 6.36. The molecule has 1 unspecified atom stereocenters. The van der Waals surface area contributed by atoms with E-state index < -0.39 is 26.6 Å². The van der Waals surface area contributed by atoms with Gasteiger partial charge in [0.2, 0.25) is 0 Å². The molecule has 0 aliphatic heterocycles. The van der Waals surface area contributed by atoms with Gasteiger partial charge in [-0.25, -0.2) is 4.79 Å². The van der Waals surface area contributed by atoms with Gasteiger partial charge in [0, 0.05) is 12.5 Å². The molecule has 1 aromatic rings. The highest BCUT2D eigenvalue weighted by Crippen LogP contribution is 2.63. The van der Waals surface area contributed by atoms with E-state index in [1.807, 2.05) is 0 Å². The lowest BCUT2D eigenvalue weighted by Crippen LogP contribution is -2.16. The second-order valence-corrected chi connectivity index (χ2v) is 6.08. The van der Waals surface area contributed by atoms with Gasteiger partial charge in [0.05, 0.1) is 4.92 Å². The Labute approximate surface area is 129 Å². The van der Waals surface area contributed by atoms with Crippen LogP contribution in [0, 0.1) is 15.5 Å². The SMILES string of the molecule is CC1(C(=O)O)CC1(Cl)Cl.O=C(O)c1ccccc1[N+](=O)[O-]. The van der Waals surface area contributed by atoms with Crippen molar-refractivity contribution >= 4 is 40.8 Å². The normalized spacial score (nSPS) is 21.7. The Hall–Kier alpha value is -1.86. The van der Waals surface area contributed by atoms with E-state index in [9.17, 15) is 19.7 Å². The molecule has 7 nitrogen and oxygen atoms in total. The maximum atomic E-state index is 10.4. The molecule has 0 spiro atoms. The van der Waals surface area contributed by atoms with Crippen molar-refractivity contribution in [2.24, 2.45) is 5.41 Å². The van der Waals surface area contributed by atoms with Crippen LogP contribution in [0.25, 0.3) is 0 Å². The van der Waals surface area contributed by atoms with Crippen LogP contribution < -0.4 is 0 Å². The van der Waals surface area contributed by atoms with Crippen LogP contribution in [0.5, 0.6) is 0 Å². The topological polar surface area (TPSA) is 118 Å². The van der Waals surface area contributed by atoms with Crippen LogP contribution in [0.1, 0.15) is 23.7 Å². The first-order valence-electron chi connectivity index (χ1n) is 5.61. The van der Waals surface area contributed by atoms with Gasteiger partial charge in [-0.15, -0.1) is 23.2 Å². The zero-order valence-corrected chi connectivity index (χ0v) is 12.3. The van der Waals surface area contributed by atoms with E-state index in [0.717, 1.165) is 6.07 Å². The molecule has 1 saturated carbocycles. The minimum atomic E-state index is -1.29. The summed E-state index contributed by atoms with van der Waals surface area (Å²) in [6, 6.07) is 5.21. The minimum absolute atomic E-state index is 0.289. The van der Waals surface area contributed by atoms with E-state index in [-0.39, 0.29) is 11.3 Å². The summed E-state index contributed by atoms with van der Waals surface area (Å²) >= 11 is 11.1. The highest BCUT2D eigenvalue weighted by atomic mass is 35.5. The molecule has 21 heavy (non-hydrogen) atoms. The monoisotopic (exact) mass is 335 g/mol. The van der Waals surface area contributed by atoms with Gasteiger partial charge < -0.3 is 10.2 Å². The molecule has 0 aromatic heterocycles. The molecule has 9 heteroatoms. The van der Waals surface area contributed by atoms with Crippen molar-refractivity contribution in [1.29, 1.82) is 0 Å². The minimum Gasteiger partial charge on any atom is -0.481 e. The predicted octanol–water partition coefficient (Wildman–Crippen LogP) is 2.95. The molecule has 1 aliphatic carbocycles. The molecule has 1 atom stereocenters. The van der Waals surface area contributed by atoms with Crippen LogP contribution in [0.2, 0.25) is 0 Å². The molecule has 0 saturated heterocycles. The van der Waals surface area contributed by atoms with Gasteiger partial charge in [-0.3, -0.25) is 14.9 Å². The number of nitrogens with zero attached hydrogens (tertiary/aromatic N) is 1. The number of hydrogen-bond donors (Lipinski definition) is 2. The Kier molecular flexibility index (Phi) is 4.80. The highest BCUT2D eigenvalue weighted by Gasteiger charge is 2.68. The molecule has 1 fully saturated rings. The average Bonchev–Trinajstić information content (AvgIpc) is 2.91. The van der Waals surface area contributed by atoms with Crippen LogP contribution in [0.4, 0.5) is 5.69 Å². The number of carboxylic acids is 2. The molecule has 1 aliphatic rings. The number of nitro groups is 1. The fourth-order valence-corrected chi connectivity index (χ4v) is 2.14. The molecule has 0 heterocycles. The van der Waals surface area contributed by atoms with Gasteiger partial charge in [-0.05, 0) is 13.0 Å². The zero-order valence-electron chi connectivity index (χ0n) is 10.7. The summed E-state index contributed by atoms with van der Waals surface area (Å²) in [6.45, 7) is 1.54. The van der Waals surface area contributed by atoms with Crippen LogP contribution in [0.15, 0.2) is 24.3 Å². The van der Waals surface area contributed by atoms with Crippen molar-refractivity contribution in [2.45, 2.75) is 17.7 Å². The van der Waals surface area contributed by atoms with E-state index in [4.69, 9.17) is 33.4 Å². The van der Waals surface area contributed by atoms with Crippen molar-refractivity contribution < 1.29 is 24.7 Å². The van der Waals surface area contributed by atoms with Gasteiger partial charge >= 0.3 is 11.9 Å². The zero-order chi connectivity index (χ0) is 16.4. The number of halogens is 2. The molecule has 114 valence electrons. The third kappa shape index (κ3) is 3.62. The number of para-hydroxylation sites is 1. The lowest BCUT2D eigenvalue weighted by Gasteiger charge is -2.02. The quantitative estimate of drug-likeness (QED) is 0.498. The van der Waals surface area contributed by atoms with Crippen molar-refractivity contribution in [1.82, 2.24) is 0 Å². The Morgan fingerprint density at radius 3 is 2.00 bits per heavy atom. The number of hydrogen-bond acceptors (Lipinski definition) is 4. The van der Waals surface area contributed by atoms with Gasteiger partial charge in [0.1, 0.15) is 15.3 Å². The van der Waals surface area contributed by atoms with E-state index in [1.54, 1.807) is 0 Å². The summed E-state index contributed by atoms with van der Waals surface area (Å²) in [5.74, 6) is -2.21. The highest BCUT2D eigenvalue weighted by molar-refractivity contribution is 6.53. The van der Waals surface area contributed by atoms with Gasteiger partial charge in [0.15, 0.2) is 0 Å². The Morgan fingerprint density at radius 2 is 1.76 bits per heavy atom. The first-order chi connectivity index (χ1) is 9.53. The lowest BCUT2D eigenvalue weighted by atomic mass is 10.1. The van der Waals surface area contributed by atoms with Crippen molar-refractivity contribution in [3.8, 4) is 0 Å². The number of benzene rings is 1. The Morgan fingerprint density at radius 1 is 1.29 bits per heavy atom. The van der Waals surface area contributed by atoms with Crippen LogP contribution in [-0.4, -0.2) is 31.4 Å². The van der Waals surface area contributed by atoms with E-state index >= 15 is 0 Å². The van der Waals surface area contributed by atoms with Crippen molar-refractivity contribution in [3.05, 3.63) is 39.9 Å². The average molecular weight is 336 g/mol. The summed E-state index contributed by atoms with van der Waals surface area (Å²) in [4.78, 5) is 30.3. The molecule has 1 aromatic carbocycles. The number of alkyl halides is 2. The summed E-state index contributed by atoms with van der Waals surface area (Å²) in [7, 11) is 0. The number of rotatable bonds is 3. The summed E-state index contributed by atoms with van der Waals surface area (Å²) in [6.07, 6.45) is 0.346. The van der Waals surface area contributed by atoms with Crippen LogP contribution in [0.3, 0.4) is 0 Å². The molecular formula is C12H11Cl2NO6. The number of carbonyl (C=O) groups is 2. The van der Waals surface area contributed by atoms with E-state index in [2.05, 4.69) is 0 Å². The third-order valence-corrected chi connectivity index (χ3v) is 4.16. The van der Waals surface area contributed by atoms with Gasteiger partial charge in [-0.1, -0.05) is 12.1 Å². The molecule has 0 radical (unpaired) electrons. The van der Waals surface area contributed by atoms with Gasteiger partial charge in [-0.2, -0.15) is 0 Å². The summed E-state index contributed by atoms with van der Waals surface area (Å²) in [5.41, 5.74) is -1.58. The summed E-state index contributed by atoms with van der Waals surface area (Å²) < 4.78 is -1.03. The third-order valence-electron chi connectivity index (χ3n) is 3.06. The van der Waals surface area contributed by atoms with Crippen LogP contribution in [-0.2, 0) is 4.79 Å². The standard InChI is InChI=1S/C7H5NO4.C5H6Cl2O2/c9-7(10)5-3-1-2-4-6(5)8(11)12;1-4(3(8)9)2-5(4,6)7/h1-4H,(H,9,10);2H2,1H3,(H,8,9). The number of aliphatic carboxylic acids is 1. The fourth-order valence-electron chi connectivity index (χ4n) is 1.45. The van der Waals surface area contributed by atoms with Crippen molar-refractivity contribution in [2.75, 3.05) is 0 Å². The van der Waals surface area contributed by atoms with Crippen molar-refractivity contribution in [3.63, 3.8) is 0 Å². The van der Waals surface area contributed by atoms with E-state index in [0.29, 0.717) is 6.42 Å². The largest absolute Gasteiger partial charge is 0.481 e. The smallest absolute Gasteiger partial charge is 0.342 e. The predicted molar refractivity (Wildman–Crippen MR) is 74.9 cm³/mol. The van der Waals surface area contributed by atoms with E-state index in [1.165, 1.54) is 25.1 Å². The molecule has 2 rings (SSSR count). The van der Waals surface area contributed by atoms with Crippen LogP contribution >= 0.6 is 23.2 Å². The number of nitro benzene ring substituents is 1. The maximum Gasteiger partial charge on any atom is 0.342 e. The molecule has 0 bridgehead atoms. The molecule has 2 N–H and O–H groups in total. The second kappa shape index (κ2) is 5.87. The molecular weight excluding hydrogens is 325 g/mol. The first kappa shape index (κ1) is 17.2. The maximum absolute atomic E-state index is 10.4. The summed E-state index contributed by atoms with van der Waals surface area (Å²) in [5, 5.41) is 27.3. The number of aromatic carboxylic acids is 1. The lowest BCUT2D eigenvalue weighted by molar-refractivity contribution is -0.385. The Bertz CT molecular complexity index is 570. The second-order valence-electron chi connectivity index (χ2n) is 4.60.